The molecule has 0 amide bonds. The second-order valence-electron chi connectivity index (χ2n) is 8.41. The number of nitrogens with two attached hydrogens (primary N) is 1. The summed E-state index contributed by atoms with van der Waals surface area (Å²) in [7, 11) is 3.33. The van der Waals surface area contributed by atoms with Crippen molar-refractivity contribution in [3.8, 4) is 11.5 Å². The van der Waals surface area contributed by atoms with Crippen LogP contribution in [0.15, 0.2) is 18.2 Å². The fourth-order valence-electron chi connectivity index (χ4n) is 4.24. The Hall–Kier alpha value is -1.83. The molecule has 4 unspecified atom stereocenters. The van der Waals surface area contributed by atoms with E-state index in [0.717, 1.165) is 37.2 Å². The van der Waals surface area contributed by atoms with E-state index in [1.54, 1.807) is 14.2 Å². The van der Waals surface area contributed by atoms with Crippen LogP contribution in [-0.2, 0) is 20.7 Å². The molecule has 0 spiro atoms. The second-order valence-corrected chi connectivity index (χ2v) is 8.41. The van der Waals surface area contributed by atoms with Crippen LogP contribution in [-0.4, -0.2) is 56.6 Å². The van der Waals surface area contributed by atoms with Crippen molar-refractivity contribution >= 4 is 5.97 Å². The minimum absolute atomic E-state index is 0.0829. The molecule has 2 aliphatic rings. The van der Waals surface area contributed by atoms with E-state index in [2.05, 4.69) is 32.9 Å². The summed E-state index contributed by atoms with van der Waals surface area (Å²) in [4.78, 5) is 11.5. The van der Waals surface area contributed by atoms with Crippen molar-refractivity contribution < 1.29 is 23.7 Å². The first-order valence-electron chi connectivity index (χ1n) is 11.5. The number of methoxy groups -OCH3 is 2. The van der Waals surface area contributed by atoms with Gasteiger partial charge in [-0.3, -0.25) is 10.6 Å². The molecule has 7 heteroatoms. The van der Waals surface area contributed by atoms with Crippen LogP contribution in [0.25, 0.3) is 0 Å². The summed E-state index contributed by atoms with van der Waals surface area (Å²) in [5.41, 5.74) is 1.19. The number of benzene rings is 1. The fraction of sp³-hybridized carbons (Fsp3) is 0.708. The number of esters is 1. The predicted octanol–water partition coefficient (Wildman–Crippen LogP) is 3.73. The number of hydrogen-bond donors (Lipinski definition) is 1. The van der Waals surface area contributed by atoms with Gasteiger partial charge in [-0.25, -0.2) is 5.01 Å². The highest BCUT2D eigenvalue weighted by Crippen LogP contribution is 2.36. The number of carbonyl (C=O) groups is 1. The first-order valence-corrected chi connectivity index (χ1v) is 11.5. The van der Waals surface area contributed by atoms with Crippen molar-refractivity contribution in [2.45, 2.75) is 77.5 Å². The Morgan fingerprint density at radius 1 is 1.19 bits per heavy atom. The molecule has 0 aliphatic carbocycles. The smallest absolute Gasteiger partial charge is 0.306 e. The zero-order valence-electron chi connectivity index (χ0n) is 19.8. The average Bonchev–Trinajstić information content (AvgIpc) is 3.30. The van der Waals surface area contributed by atoms with Gasteiger partial charge in [-0.15, -0.1) is 0 Å². The van der Waals surface area contributed by atoms with Crippen LogP contribution >= 0.6 is 0 Å². The topological polar surface area (TPSA) is 83.3 Å². The van der Waals surface area contributed by atoms with Crippen LogP contribution in [0.1, 0.15) is 58.4 Å². The van der Waals surface area contributed by atoms with Gasteiger partial charge in [-0.1, -0.05) is 26.3 Å². The summed E-state index contributed by atoms with van der Waals surface area (Å²) >= 11 is 0. The van der Waals surface area contributed by atoms with Crippen LogP contribution in [0.2, 0.25) is 0 Å². The third-order valence-corrected chi connectivity index (χ3v) is 5.90. The standard InChI is InChI=1S/C21H32N2O5.C3H8/c1-14-16(13-17(23(14)22)18-7-8-21(24)28-18)11-15-5-6-19(26-3)20(12-15)27-10-4-9-25-2;1-3-2/h5-6,12,14,16-18H,4,7-11,13,22H2,1-3H3;3H2,1-2H3. The SMILES string of the molecule is CCC.COCCCOc1cc(CC2CC(C3CCC(=O)O3)N(N)C2C)ccc1OC. The zero-order valence-corrected chi connectivity index (χ0v) is 19.8. The van der Waals surface area contributed by atoms with E-state index in [0.29, 0.717) is 25.6 Å². The van der Waals surface area contributed by atoms with Gasteiger partial charge in [0.25, 0.3) is 0 Å². The lowest BCUT2D eigenvalue weighted by molar-refractivity contribution is -0.143. The Morgan fingerprint density at radius 2 is 1.94 bits per heavy atom. The van der Waals surface area contributed by atoms with Gasteiger partial charge in [0.1, 0.15) is 6.10 Å². The number of hydrogen-bond acceptors (Lipinski definition) is 7. The van der Waals surface area contributed by atoms with Crippen LogP contribution in [0.3, 0.4) is 0 Å². The monoisotopic (exact) mass is 436 g/mol. The van der Waals surface area contributed by atoms with Gasteiger partial charge in [0.2, 0.25) is 0 Å². The molecule has 3 rings (SSSR count). The third kappa shape index (κ3) is 7.09. The number of carbonyl (C=O) groups excluding carboxylic acids is 1. The quantitative estimate of drug-likeness (QED) is 0.359. The Labute approximate surface area is 187 Å². The molecular formula is C24H40N2O5. The molecule has 0 radical (unpaired) electrons. The molecule has 2 heterocycles. The minimum Gasteiger partial charge on any atom is -0.493 e. The van der Waals surface area contributed by atoms with E-state index < -0.39 is 0 Å². The number of rotatable bonds is 9. The third-order valence-electron chi connectivity index (χ3n) is 5.90. The maximum Gasteiger partial charge on any atom is 0.306 e. The van der Waals surface area contributed by atoms with Gasteiger partial charge in [0.05, 0.1) is 19.8 Å². The van der Waals surface area contributed by atoms with Crippen LogP contribution in [0, 0.1) is 5.92 Å². The molecule has 2 N–H and O–H groups in total. The van der Waals surface area contributed by atoms with E-state index >= 15 is 0 Å². The molecule has 2 saturated heterocycles. The maximum atomic E-state index is 11.5. The van der Waals surface area contributed by atoms with E-state index in [1.165, 1.54) is 12.0 Å². The molecular weight excluding hydrogens is 396 g/mol. The second kappa shape index (κ2) is 12.9. The van der Waals surface area contributed by atoms with Crippen molar-refractivity contribution in [2.24, 2.45) is 11.8 Å². The van der Waals surface area contributed by atoms with Crippen molar-refractivity contribution in [3.63, 3.8) is 0 Å². The molecule has 7 nitrogen and oxygen atoms in total. The van der Waals surface area contributed by atoms with E-state index in [9.17, 15) is 4.79 Å². The lowest BCUT2D eigenvalue weighted by atomic mass is 9.91. The first-order chi connectivity index (χ1) is 14.9. The molecule has 1 aromatic carbocycles. The zero-order chi connectivity index (χ0) is 22.8. The highest BCUT2D eigenvalue weighted by atomic mass is 16.6. The average molecular weight is 437 g/mol. The van der Waals surface area contributed by atoms with Crippen LogP contribution < -0.4 is 15.3 Å². The van der Waals surface area contributed by atoms with Crippen molar-refractivity contribution in [1.82, 2.24) is 5.01 Å². The molecule has 0 bridgehead atoms. The predicted molar refractivity (Wildman–Crippen MR) is 121 cm³/mol. The van der Waals surface area contributed by atoms with Crippen LogP contribution in [0.5, 0.6) is 11.5 Å². The summed E-state index contributed by atoms with van der Waals surface area (Å²) in [6, 6.07) is 6.41. The summed E-state index contributed by atoms with van der Waals surface area (Å²) in [6.07, 6.45) is 5.07. The molecule has 2 aliphatic heterocycles. The largest absolute Gasteiger partial charge is 0.493 e. The summed E-state index contributed by atoms with van der Waals surface area (Å²) in [5, 5.41) is 1.89. The Kier molecular flexibility index (Phi) is 10.6. The summed E-state index contributed by atoms with van der Waals surface area (Å²) < 4.78 is 21.9. The van der Waals surface area contributed by atoms with Gasteiger partial charge in [-0.2, -0.15) is 0 Å². The lowest BCUT2D eigenvalue weighted by Crippen LogP contribution is -2.47. The summed E-state index contributed by atoms with van der Waals surface area (Å²) in [5.74, 6) is 8.12. The molecule has 2 fully saturated rings. The molecule has 0 saturated carbocycles. The van der Waals surface area contributed by atoms with Gasteiger partial charge >= 0.3 is 5.97 Å². The van der Waals surface area contributed by atoms with Crippen molar-refractivity contribution in [2.75, 3.05) is 27.4 Å². The van der Waals surface area contributed by atoms with Gasteiger partial charge in [0.15, 0.2) is 11.5 Å². The Morgan fingerprint density at radius 3 is 2.55 bits per heavy atom. The van der Waals surface area contributed by atoms with E-state index in [4.69, 9.17) is 24.8 Å². The molecule has 31 heavy (non-hydrogen) atoms. The van der Waals surface area contributed by atoms with Crippen molar-refractivity contribution in [1.29, 1.82) is 0 Å². The van der Waals surface area contributed by atoms with E-state index in [1.807, 2.05) is 11.1 Å². The highest BCUT2D eigenvalue weighted by Gasteiger charge is 2.44. The molecule has 176 valence electrons. The van der Waals surface area contributed by atoms with Gasteiger partial charge < -0.3 is 18.9 Å². The summed E-state index contributed by atoms with van der Waals surface area (Å²) in [6.45, 7) is 7.65. The molecule has 0 aromatic heterocycles. The van der Waals surface area contributed by atoms with Gasteiger partial charge in [-0.05, 0) is 49.8 Å². The number of ether oxygens (including phenoxy) is 4. The molecule has 4 atom stereocenters. The first kappa shape index (κ1) is 25.4. The number of cyclic esters (lactones) is 1. The maximum absolute atomic E-state index is 11.5. The van der Waals surface area contributed by atoms with Crippen molar-refractivity contribution in [3.05, 3.63) is 23.8 Å². The Bertz CT molecular complexity index is 684. The van der Waals surface area contributed by atoms with E-state index in [-0.39, 0.29) is 24.2 Å². The molecule has 1 aromatic rings. The number of nitrogens with zero attached hydrogens (tertiary/aromatic N) is 1. The normalized spacial score (nSPS) is 25.7. The van der Waals surface area contributed by atoms with Gasteiger partial charge in [0, 0.05) is 32.6 Å². The lowest BCUT2D eigenvalue weighted by Gasteiger charge is -2.27. The Balaban J connectivity index is 0.00000107. The highest BCUT2D eigenvalue weighted by molar-refractivity contribution is 5.71. The number of hydrazine groups is 1. The van der Waals surface area contributed by atoms with Crippen LogP contribution in [0.4, 0.5) is 0 Å². The minimum atomic E-state index is -0.111. The fourth-order valence-corrected chi connectivity index (χ4v) is 4.24.